The van der Waals surface area contributed by atoms with Crippen LogP contribution in [-0.4, -0.2) is 40.5 Å². The Morgan fingerprint density at radius 2 is 1.75 bits per heavy atom. The first kappa shape index (κ1) is 15.9. The van der Waals surface area contributed by atoms with Gasteiger partial charge >= 0.3 is 0 Å². The van der Waals surface area contributed by atoms with Crippen molar-refractivity contribution in [3.63, 3.8) is 0 Å². The summed E-state index contributed by atoms with van der Waals surface area (Å²) in [6.07, 6.45) is 0. The van der Waals surface area contributed by atoms with Crippen LogP contribution in [0.3, 0.4) is 0 Å². The third kappa shape index (κ3) is 3.93. The molecule has 0 saturated heterocycles. The molecular weight excluding hydrogens is 260 g/mol. The van der Waals surface area contributed by atoms with Crippen LogP contribution in [0.2, 0.25) is 0 Å². The molecule has 0 heterocycles. The Morgan fingerprint density at radius 1 is 1.15 bits per heavy atom. The number of benzene rings is 1. The molecule has 0 saturated carbocycles. The lowest BCUT2D eigenvalue weighted by molar-refractivity contribution is 0.281. The summed E-state index contributed by atoms with van der Waals surface area (Å²) in [6.45, 7) is 2.88. The summed E-state index contributed by atoms with van der Waals surface area (Å²) in [5, 5.41) is 12.0. The van der Waals surface area contributed by atoms with Gasteiger partial charge in [-0.2, -0.15) is 5.26 Å². The first-order valence-electron chi connectivity index (χ1n) is 6.25. The van der Waals surface area contributed by atoms with Crippen molar-refractivity contribution in [3.8, 4) is 29.1 Å². The highest BCUT2D eigenvalue weighted by molar-refractivity contribution is 5.55. The minimum Gasteiger partial charge on any atom is -0.493 e. The van der Waals surface area contributed by atoms with Gasteiger partial charge in [0.2, 0.25) is 5.75 Å². The average molecular weight is 280 g/mol. The van der Waals surface area contributed by atoms with Gasteiger partial charge in [0, 0.05) is 12.1 Å². The Hall–Kier alpha value is -2.13. The number of hydrogen-bond acceptors (Lipinski definition) is 6. The molecule has 0 radical (unpaired) electrons. The number of methoxy groups -OCH3 is 3. The monoisotopic (exact) mass is 280 g/mol. The molecule has 6 nitrogen and oxygen atoms in total. The second-order valence-electron chi connectivity index (χ2n) is 3.91. The number of rotatable bonds is 8. The molecule has 1 rings (SSSR count). The van der Waals surface area contributed by atoms with Crippen molar-refractivity contribution < 1.29 is 18.9 Å². The molecule has 0 fully saturated rings. The Morgan fingerprint density at radius 3 is 2.15 bits per heavy atom. The molecule has 1 unspecified atom stereocenters. The Balaban J connectivity index is 2.88. The molecule has 0 spiro atoms. The number of nitrogens with zero attached hydrogens (tertiary/aromatic N) is 1. The van der Waals surface area contributed by atoms with Crippen LogP contribution in [0.5, 0.6) is 23.0 Å². The SMILES string of the molecule is CCNC(C#N)COc1cc(OC)c(OC)c(OC)c1. The lowest BCUT2D eigenvalue weighted by atomic mass is 10.2. The van der Waals surface area contributed by atoms with Gasteiger partial charge in [-0.05, 0) is 6.54 Å². The average Bonchev–Trinajstić information content (AvgIpc) is 2.49. The maximum absolute atomic E-state index is 8.96. The highest BCUT2D eigenvalue weighted by Crippen LogP contribution is 2.40. The quantitative estimate of drug-likeness (QED) is 0.779. The highest BCUT2D eigenvalue weighted by Gasteiger charge is 2.15. The molecule has 1 atom stereocenters. The van der Waals surface area contributed by atoms with Crippen molar-refractivity contribution in [2.24, 2.45) is 0 Å². The summed E-state index contributed by atoms with van der Waals surface area (Å²) in [6, 6.07) is 5.16. The zero-order chi connectivity index (χ0) is 15.0. The van der Waals surface area contributed by atoms with Crippen LogP contribution >= 0.6 is 0 Å². The fourth-order valence-electron chi connectivity index (χ4n) is 1.71. The van der Waals surface area contributed by atoms with Gasteiger partial charge < -0.3 is 18.9 Å². The molecule has 110 valence electrons. The molecule has 0 aromatic heterocycles. The normalized spacial score (nSPS) is 11.3. The first-order valence-corrected chi connectivity index (χ1v) is 6.25. The van der Waals surface area contributed by atoms with Crippen LogP contribution in [-0.2, 0) is 0 Å². The molecule has 1 aromatic rings. The summed E-state index contributed by atoms with van der Waals surface area (Å²) < 4.78 is 21.3. The fourth-order valence-corrected chi connectivity index (χ4v) is 1.71. The molecule has 1 aromatic carbocycles. The van der Waals surface area contributed by atoms with Gasteiger partial charge in [0.25, 0.3) is 0 Å². The molecule has 0 aliphatic rings. The Kier molecular flexibility index (Phi) is 6.47. The van der Waals surface area contributed by atoms with Crippen LogP contribution < -0.4 is 24.3 Å². The number of nitriles is 1. The third-order valence-electron chi connectivity index (χ3n) is 2.66. The molecular formula is C14H20N2O4. The van der Waals surface area contributed by atoms with E-state index in [1.54, 1.807) is 12.1 Å². The maximum atomic E-state index is 8.96. The van der Waals surface area contributed by atoms with E-state index in [0.717, 1.165) is 0 Å². The zero-order valence-electron chi connectivity index (χ0n) is 12.2. The third-order valence-corrected chi connectivity index (χ3v) is 2.66. The van der Waals surface area contributed by atoms with Crippen molar-refractivity contribution in [2.75, 3.05) is 34.5 Å². The summed E-state index contributed by atoms with van der Waals surface area (Å²) in [4.78, 5) is 0. The maximum Gasteiger partial charge on any atom is 0.203 e. The van der Waals surface area contributed by atoms with Gasteiger partial charge in [0.05, 0.1) is 27.4 Å². The van der Waals surface area contributed by atoms with Crippen LogP contribution in [0.15, 0.2) is 12.1 Å². The van der Waals surface area contributed by atoms with E-state index in [4.69, 9.17) is 24.2 Å². The van der Waals surface area contributed by atoms with Crippen LogP contribution in [0, 0.1) is 11.3 Å². The van der Waals surface area contributed by atoms with Gasteiger partial charge in [0.15, 0.2) is 11.5 Å². The van der Waals surface area contributed by atoms with Crippen molar-refractivity contribution in [1.29, 1.82) is 5.26 Å². The predicted octanol–water partition coefficient (Wildman–Crippen LogP) is 1.59. The first-order chi connectivity index (χ1) is 9.69. The lowest BCUT2D eigenvalue weighted by Gasteiger charge is -2.16. The second kappa shape index (κ2) is 8.12. The van der Waals surface area contributed by atoms with E-state index in [2.05, 4.69) is 11.4 Å². The molecule has 0 aliphatic carbocycles. The van der Waals surface area contributed by atoms with E-state index in [1.807, 2.05) is 6.92 Å². The Labute approximate surface area is 119 Å². The fraction of sp³-hybridized carbons (Fsp3) is 0.500. The standard InChI is InChI=1S/C14H20N2O4/c1-5-16-10(8-15)9-20-11-6-12(17-2)14(19-4)13(7-11)18-3/h6-7,10,16H,5,9H2,1-4H3. The molecule has 1 N–H and O–H groups in total. The van der Waals surface area contributed by atoms with E-state index < -0.39 is 0 Å². The van der Waals surface area contributed by atoms with Crippen LogP contribution in [0.1, 0.15) is 6.92 Å². The number of likely N-dealkylation sites (N-methyl/N-ethyl adjacent to an activating group) is 1. The van der Waals surface area contributed by atoms with E-state index in [-0.39, 0.29) is 12.6 Å². The van der Waals surface area contributed by atoms with E-state index >= 15 is 0 Å². The minimum absolute atomic E-state index is 0.239. The number of nitrogens with one attached hydrogen (secondary N) is 1. The van der Waals surface area contributed by atoms with Gasteiger partial charge in [-0.25, -0.2) is 0 Å². The van der Waals surface area contributed by atoms with Gasteiger partial charge in [0.1, 0.15) is 18.4 Å². The minimum atomic E-state index is -0.362. The molecule has 0 bridgehead atoms. The molecule has 0 aliphatic heterocycles. The van der Waals surface area contributed by atoms with E-state index in [9.17, 15) is 0 Å². The Bertz CT molecular complexity index is 446. The smallest absolute Gasteiger partial charge is 0.203 e. The van der Waals surface area contributed by atoms with E-state index in [0.29, 0.717) is 29.5 Å². The van der Waals surface area contributed by atoms with Crippen LogP contribution in [0.25, 0.3) is 0 Å². The van der Waals surface area contributed by atoms with E-state index in [1.165, 1.54) is 21.3 Å². The lowest BCUT2D eigenvalue weighted by Crippen LogP contribution is -2.32. The van der Waals surface area contributed by atoms with Gasteiger partial charge in [-0.1, -0.05) is 6.92 Å². The summed E-state index contributed by atoms with van der Waals surface area (Å²) in [5.74, 6) is 2.08. The van der Waals surface area contributed by atoms with Crippen LogP contribution in [0.4, 0.5) is 0 Å². The predicted molar refractivity (Wildman–Crippen MR) is 74.7 cm³/mol. The summed E-state index contributed by atoms with van der Waals surface area (Å²) in [7, 11) is 4.62. The molecule has 6 heteroatoms. The van der Waals surface area contributed by atoms with Crippen molar-refractivity contribution in [3.05, 3.63) is 12.1 Å². The number of hydrogen-bond donors (Lipinski definition) is 1. The largest absolute Gasteiger partial charge is 0.493 e. The zero-order valence-corrected chi connectivity index (χ0v) is 12.2. The topological polar surface area (TPSA) is 72.7 Å². The summed E-state index contributed by atoms with van der Waals surface area (Å²) in [5.41, 5.74) is 0. The number of ether oxygens (including phenoxy) is 4. The second-order valence-corrected chi connectivity index (χ2v) is 3.91. The molecule has 20 heavy (non-hydrogen) atoms. The van der Waals surface area contributed by atoms with Crippen molar-refractivity contribution >= 4 is 0 Å². The highest BCUT2D eigenvalue weighted by atomic mass is 16.5. The van der Waals surface area contributed by atoms with Gasteiger partial charge in [-0.15, -0.1) is 0 Å². The van der Waals surface area contributed by atoms with Crippen molar-refractivity contribution in [1.82, 2.24) is 5.32 Å². The molecule has 0 amide bonds. The van der Waals surface area contributed by atoms with Crippen molar-refractivity contribution in [2.45, 2.75) is 13.0 Å². The summed E-state index contributed by atoms with van der Waals surface area (Å²) >= 11 is 0. The van der Waals surface area contributed by atoms with Gasteiger partial charge in [-0.3, -0.25) is 5.32 Å².